The van der Waals surface area contributed by atoms with Gasteiger partial charge in [0.05, 0.1) is 13.2 Å². The zero-order valence-electron chi connectivity index (χ0n) is 10.0. The number of carbonyl (C=O) groups is 1. The van der Waals surface area contributed by atoms with Gasteiger partial charge in [-0.3, -0.25) is 4.79 Å². The lowest BCUT2D eigenvalue weighted by Crippen LogP contribution is -2.07. The van der Waals surface area contributed by atoms with Crippen LogP contribution in [-0.4, -0.2) is 24.2 Å². The molecule has 0 saturated carbocycles. The Kier molecular flexibility index (Phi) is 5.97. The first-order valence-corrected chi connectivity index (χ1v) is 6.34. The molecule has 1 aromatic heterocycles. The van der Waals surface area contributed by atoms with Crippen LogP contribution in [0, 0.1) is 6.92 Å². The monoisotopic (exact) mass is 301 g/mol. The molecular formula is C12H16BrNO3. The molecule has 0 aliphatic carbocycles. The Balaban J connectivity index is 2.29. The predicted molar refractivity (Wildman–Crippen MR) is 68.0 cm³/mol. The van der Waals surface area contributed by atoms with E-state index in [4.69, 9.17) is 9.47 Å². The van der Waals surface area contributed by atoms with E-state index in [0.29, 0.717) is 36.4 Å². The van der Waals surface area contributed by atoms with E-state index < -0.39 is 0 Å². The summed E-state index contributed by atoms with van der Waals surface area (Å²) in [7, 11) is 0. The molecule has 0 unspecified atom stereocenters. The molecule has 0 fully saturated rings. The minimum absolute atomic E-state index is 0.183. The topological polar surface area (TPSA) is 48.4 Å². The van der Waals surface area contributed by atoms with Gasteiger partial charge in [-0.25, -0.2) is 4.98 Å². The van der Waals surface area contributed by atoms with Crippen molar-refractivity contribution in [2.45, 2.75) is 26.7 Å². The van der Waals surface area contributed by atoms with Crippen LogP contribution in [0.3, 0.4) is 0 Å². The first-order chi connectivity index (χ1) is 8.13. The van der Waals surface area contributed by atoms with Crippen LogP contribution in [0.1, 0.15) is 25.5 Å². The number of nitrogens with zero attached hydrogens (tertiary/aromatic N) is 1. The largest absolute Gasteiger partial charge is 0.491 e. The molecule has 0 spiro atoms. The molecule has 0 amide bonds. The number of hydrogen-bond donors (Lipinski definition) is 0. The molecule has 0 saturated heterocycles. The molecule has 0 aromatic carbocycles. The second-order valence-electron chi connectivity index (χ2n) is 3.50. The summed E-state index contributed by atoms with van der Waals surface area (Å²) < 4.78 is 11.0. The zero-order chi connectivity index (χ0) is 12.7. The van der Waals surface area contributed by atoms with Crippen LogP contribution in [0.25, 0.3) is 0 Å². The number of pyridine rings is 1. The number of aromatic nitrogens is 1. The van der Waals surface area contributed by atoms with E-state index in [1.165, 1.54) is 0 Å². The fourth-order valence-electron chi connectivity index (χ4n) is 1.25. The highest BCUT2D eigenvalue weighted by molar-refractivity contribution is 9.10. The third kappa shape index (κ3) is 5.17. The van der Waals surface area contributed by atoms with Gasteiger partial charge in [0, 0.05) is 12.1 Å². The Bertz CT molecular complexity index is 382. The van der Waals surface area contributed by atoms with Gasteiger partial charge in [0.25, 0.3) is 0 Å². The SMILES string of the molecule is CCOC(=O)CCCOc1ccc(C)nc1Br. The summed E-state index contributed by atoms with van der Waals surface area (Å²) in [4.78, 5) is 15.3. The van der Waals surface area contributed by atoms with Crippen molar-refractivity contribution in [3.05, 3.63) is 22.4 Å². The van der Waals surface area contributed by atoms with Gasteiger partial charge in [-0.05, 0) is 48.3 Å². The number of ether oxygens (including phenoxy) is 2. The maximum atomic E-state index is 11.1. The molecular weight excluding hydrogens is 286 g/mol. The van der Waals surface area contributed by atoms with Crippen molar-refractivity contribution < 1.29 is 14.3 Å². The van der Waals surface area contributed by atoms with Gasteiger partial charge >= 0.3 is 5.97 Å². The molecule has 5 heteroatoms. The molecule has 94 valence electrons. The minimum atomic E-state index is -0.183. The quantitative estimate of drug-likeness (QED) is 0.460. The van der Waals surface area contributed by atoms with E-state index in [1.54, 1.807) is 6.92 Å². The summed E-state index contributed by atoms with van der Waals surface area (Å²) in [6.07, 6.45) is 1.02. The predicted octanol–water partition coefficient (Wildman–Crippen LogP) is 2.87. The van der Waals surface area contributed by atoms with Gasteiger partial charge in [-0.1, -0.05) is 0 Å². The van der Waals surface area contributed by atoms with E-state index in [0.717, 1.165) is 5.69 Å². The van der Waals surface area contributed by atoms with Crippen molar-refractivity contribution in [2.24, 2.45) is 0 Å². The summed E-state index contributed by atoms with van der Waals surface area (Å²) in [6.45, 7) is 4.61. The molecule has 1 rings (SSSR count). The van der Waals surface area contributed by atoms with Gasteiger partial charge in [-0.2, -0.15) is 0 Å². The van der Waals surface area contributed by atoms with Gasteiger partial charge < -0.3 is 9.47 Å². The van der Waals surface area contributed by atoms with Crippen molar-refractivity contribution in [3.63, 3.8) is 0 Å². The standard InChI is InChI=1S/C12H16BrNO3/c1-3-16-11(15)5-4-8-17-10-7-6-9(2)14-12(10)13/h6-7H,3-5,8H2,1-2H3. The number of hydrogen-bond acceptors (Lipinski definition) is 4. The van der Waals surface area contributed by atoms with Gasteiger partial charge in [0.2, 0.25) is 0 Å². The first kappa shape index (κ1) is 14.0. The van der Waals surface area contributed by atoms with Crippen molar-refractivity contribution in [1.29, 1.82) is 0 Å². The third-order valence-electron chi connectivity index (χ3n) is 2.04. The van der Waals surface area contributed by atoms with E-state index in [-0.39, 0.29) is 5.97 Å². The summed E-state index contributed by atoms with van der Waals surface area (Å²) in [6, 6.07) is 3.74. The van der Waals surface area contributed by atoms with E-state index in [2.05, 4.69) is 20.9 Å². The molecule has 0 radical (unpaired) electrons. The molecule has 0 N–H and O–H groups in total. The fourth-order valence-corrected chi connectivity index (χ4v) is 1.78. The molecule has 17 heavy (non-hydrogen) atoms. The highest BCUT2D eigenvalue weighted by Crippen LogP contribution is 2.22. The number of rotatable bonds is 6. The van der Waals surface area contributed by atoms with Gasteiger partial charge in [0.1, 0.15) is 4.60 Å². The summed E-state index contributed by atoms with van der Waals surface area (Å²) in [5.74, 6) is 0.511. The molecule has 0 aliphatic heterocycles. The Morgan fingerprint density at radius 3 is 2.88 bits per heavy atom. The fraction of sp³-hybridized carbons (Fsp3) is 0.500. The average molecular weight is 302 g/mol. The Hall–Kier alpha value is -1.10. The van der Waals surface area contributed by atoms with Crippen LogP contribution in [0.15, 0.2) is 16.7 Å². The highest BCUT2D eigenvalue weighted by Gasteiger charge is 2.04. The van der Waals surface area contributed by atoms with Crippen LogP contribution in [0.2, 0.25) is 0 Å². The zero-order valence-corrected chi connectivity index (χ0v) is 11.6. The molecule has 1 aromatic rings. The van der Waals surface area contributed by atoms with Crippen molar-refractivity contribution in [2.75, 3.05) is 13.2 Å². The van der Waals surface area contributed by atoms with Crippen LogP contribution in [0.5, 0.6) is 5.75 Å². The average Bonchev–Trinajstić information content (AvgIpc) is 2.27. The van der Waals surface area contributed by atoms with E-state index in [1.807, 2.05) is 19.1 Å². The second kappa shape index (κ2) is 7.27. The number of carbonyl (C=O) groups excluding carboxylic acids is 1. The summed E-state index contributed by atoms with van der Waals surface area (Å²) in [5, 5.41) is 0. The maximum absolute atomic E-state index is 11.1. The van der Waals surface area contributed by atoms with Crippen LogP contribution < -0.4 is 4.74 Å². The van der Waals surface area contributed by atoms with E-state index >= 15 is 0 Å². The lowest BCUT2D eigenvalue weighted by atomic mass is 10.3. The number of esters is 1. The second-order valence-corrected chi connectivity index (χ2v) is 4.25. The third-order valence-corrected chi connectivity index (χ3v) is 2.61. The highest BCUT2D eigenvalue weighted by atomic mass is 79.9. The minimum Gasteiger partial charge on any atom is -0.491 e. The number of halogens is 1. The molecule has 4 nitrogen and oxygen atoms in total. The molecule has 0 bridgehead atoms. The Labute approximate surface area is 109 Å². The normalized spacial score (nSPS) is 10.1. The van der Waals surface area contributed by atoms with Crippen molar-refractivity contribution in [1.82, 2.24) is 4.98 Å². The van der Waals surface area contributed by atoms with Gasteiger partial charge in [-0.15, -0.1) is 0 Å². The van der Waals surface area contributed by atoms with Crippen LogP contribution in [0.4, 0.5) is 0 Å². The Morgan fingerprint density at radius 2 is 2.24 bits per heavy atom. The van der Waals surface area contributed by atoms with Crippen LogP contribution in [-0.2, 0) is 9.53 Å². The first-order valence-electron chi connectivity index (χ1n) is 5.55. The molecule has 0 aliphatic rings. The lowest BCUT2D eigenvalue weighted by molar-refractivity contribution is -0.143. The van der Waals surface area contributed by atoms with Crippen LogP contribution >= 0.6 is 15.9 Å². The molecule has 1 heterocycles. The summed E-state index contributed by atoms with van der Waals surface area (Å²) >= 11 is 3.33. The smallest absolute Gasteiger partial charge is 0.305 e. The Morgan fingerprint density at radius 1 is 1.47 bits per heavy atom. The maximum Gasteiger partial charge on any atom is 0.305 e. The van der Waals surface area contributed by atoms with E-state index in [9.17, 15) is 4.79 Å². The molecule has 0 atom stereocenters. The lowest BCUT2D eigenvalue weighted by Gasteiger charge is -2.07. The number of aryl methyl sites for hydroxylation is 1. The summed E-state index contributed by atoms with van der Waals surface area (Å²) in [5.41, 5.74) is 0.927. The van der Waals surface area contributed by atoms with Crippen molar-refractivity contribution >= 4 is 21.9 Å². The van der Waals surface area contributed by atoms with Gasteiger partial charge in [0.15, 0.2) is 5.75 Å². The van der Waals surface area contributed by atoms with Crippen molar-refractivity contribution in [3.8, 4) is 5.75 Å².